The van der Waals surface area contributed by atoms with Crippen LogP contribution in [0.5, 0.6) is 0 Å². The standard InChI is InChI=1S/C18H18ClN3O/c1-13-5-3-8-17-20-16(10-18(23)22(13)17)12-21(2)11-14-6-4-7-15(19)9-14/h3-10H,11-12H2,1-2H3. The summed E-state index contributed by atoms with van der Waals surface area (Å²) in [5.74, 6) is 0. The van der Waals surface area contributed by atoms with E-state index in [9.17, 15) is 4.79 Å². The molecule has 3 aromatic rings. The zero-order valence-corrected chi connectivity index (χ0v) is 13.9. The second-order valence-corrected chi connectivity index (χ2v) is 6.19. The monoisotopic (exact) mass is 327 g/mol. The molecule has 0 saturated heterocycles. The van der Waals surface area contributed by atoms with Gasteiger partial charge in [0, 0.05) is 29.9 Å². The van der Waals surface area contributed by atoms with Crippen LogP contribution in [-0.2, 0) is 13.1 Å². The second-order valence-electron chi connectivity index (χ2n) is 5.75. The van der Waals surface area contributed by atoms with Crippen LogP contribution in [0.3, 0.4) is 0 Å². The molecule has 0 amide bonds. The normalized spacial score (nSPS) is 11.3. The Labute approximate surface area is 140 Å². The van der Waals surface area contributed by atoms with Gasteiger partial charge in [0.25, 0.3) is 5.56 Å². The average molecular weight is 328 g/mol. The molecule has 5 heteroatoms. The Hall–Kier alpha value is -2.17. The molecule has 0 saturated carbocycles. The van der Waals surface area contributed by atoms with Gasteiger partial charge in [-0.3, -0.25) is 14.1 Å². The third-order valence-electron chi connectivity index (χ3n) is 3.71. The minimum absolute atomic E-state index is 0.0424. The van der Waals surface area contributed by atoms with Crippen molar-refractivity contribution >= 4 is 17.2 Å². The van der Waals surface area contributed by atoms with Gasteiger partial charge in [0.2, 0.25) is 0 Å². The molecule has 0 aliphatic heterocycles. The van der Waals surface area contributed by atoms with E-state index in [-0.39, 0.29) is 5.56 Å². The highest BCUT2D eigenvalue weighted by molar-refractivity contribution is 6.30. The van der Waals surface area contributed by atoms with Crippen LogP contribution in [0.15, 0.2) is 53.3 Å². The van der Waals surface area contributed by atoms with Gasteiger partial charge >= 0.3 is 0 Å². The first-order chi connectivity index (χ1) is 11.0. The number of hydrogen-bond acceptors (Lipinski definition) is 3. The second kappa shape index (κ2) is 6.52. The lowest BCUT2D eigenvalue weighted by atomic mass is 10.2. The molecule has 23 heavy (non-hydrogen) atoms. The van der Waals surface area contributed by atoms with Crippen LogP contribution in [0.25, 0.3) is 5.65 Å². The Morgan fingerprint density at radius 1 is 1.13 bits per heavy atom. The Morgan fingerprint density at radius 3 is 2.70 bits per heavy atom. The molecule has 0 radical (unpaired) electrons. The molecule has 2 aromatic heterocycles. The summed E-state index contributed by atoms with van der Waals surface area (Å²) in [5, 5.41) is 0.730. The fraction of sp³-hybridized carbons (Fsp3) is 0.222. The molecular weight excluding hydrogens is 310 g/mol. The van der Waals surface area contributed by atoms with Crippen molar-refractivity contribution in [2.24, 2.45) is 0 Å². The third-order valence-corrected chi connectivity index (χ3v) is 3.94. The number of halogens is 1. The molecular formula is C18H18ClN3O. The van der Waals surface area contributed by atoms with E-state index in [4.69, 9.17) is 11.6 Å². The first kappa shape index (κ1) is 15.7. The van der Waals surface area contributed by atoms with Gasteiger partial charge in [-0.15, -0.1) is 0 Å². The zero-order valence-electron chi connectivity index (χ0n) is 13.2. The molecule has 1 aromatic carbocycles. The van der Waals surface area contributed by atoms with E-state index in [2.05, 4.69) is 9.88 Å². The van der Waals surface area contributed by atoms with Crippen LogP contribution in [0.4, 0.5) is 0 Å². The van der Waals surface area contributed by atoms with Crippen molar-refractivity contribution in [1.29, 1.82) is 0 Å². The lowest BCUT2D eigenvalue weighted by Crippen LogP contribution is -2.22. The first-order valence-corrected chi connectivity index (χ1v) is 7.82. The number of nitrogens with zero attached hydrogens (tertiary/aromatic N) is 3. The van der Waals surface area contributed by atoms with Crippen LogP contribution in [-0.4, -0.2) is 21.3 Å². The van der Waals surface area contributed by atoms with E-state index >= 15 is 0 Å². The Morgan fingerprint density at radius 2 is 1.91 bits per heavy atom. The first-order valence-electron chi connectivity index (χ1n) is 7.44. The van der Waals surface area contributed by atoms with E-state index in [1.807, 2.05) is 56.4 Å². The van der Waals surface area contributed by atoms with Gasteiger partial charge in [-0.05, 0) is 43.8 Å². The summed E-state index contributed by atoms with van der Waals surface area (Å²) in [6.45, 7) is 3.25. The van der Waals surface area contributed by atoms with E-state index in [1.54, 1.807) is 10.5 Å². The Bertz CT molecular complexity index is 904. The van der Waals surface area contributed by atoms with Crippen LogP contribution >= 0.6 is 11.6 Å². The van der Waals surface area contributed by atoms with Gasteiger partial charge in [-0.1, -0.05) is 29.8 Å². The largest absolute Gasteiger partial charge is 0.296 e. The molecule has 0 atom stereocenters. The highest BCUT2D eigenvalue weighted by Crippen LogP contribution is 2.13. The Kier molecular flexibility index (Phi) is 4.46. The number of rotatable bonds is 4. The Balaban J connectivity index is 1.82. The van der Waals surface area contributed by atoms with E-state index in [0.717, 1.165) is 28.5 Å². The van der Waals surface area contributed by atoms with Crippen LogP contribution in [0, 0.1) is 6.92 Å². The molecule has 0 aliphatic carbocycles. The predicted octanol–water partition coefficient (Wildman–Crippen LogP) is 3.29. The van der Waals surface area contributed by atoms with Gasteiger partial charge in [0.15, 0.2) is 0 Å². The smallest absolute Gasteiger partial charge is 0.258 e. The predicted molar refractivity (Wildman–Crippen MR) is 92.8 cm³/mol. The van der Waals surface area contributed by atoms with Gasteiger partial charge in [-0.2, -0.15) is 0 Å². The molecule has 0 aliphatic rings. The maximum atomic E-state index is 12.3. The van der Waals surface area contributed by atoms with Gasteiger partial charge in [0.1, 0.15) is 5.65 Å². The van der Waals surface area contributed by atoms with Crippen molar-refractivity contribution in [1.82, 2.24) is 14.3 Å². The maximum Gasteiger partial charge on any atom is 0.258 e. The lowest BCUT2D eigenvalue weighted by Gasteiger charge is -2.17. The number of pyridine rings is 1. The van der Waals surface area contributed by atoms with Crippen molar-refractivity contribution in [3.05, 3.63) is 80.9 Å². The van der Waals surface area contributed by atoms with Crippen molar-refractivity contribution < 1.29 is 0 Å². The topological polar surface area (TPSA) is 37.6 Å². The number of aryl methyl sites for hydroxylation is 1. The van der Waals surface area contributed by atoms with Crippen LogP contribution in [0.2, 0.25) is 5.02 Å². The van der Waals surface area contributed by atoms with Crippen molar-refractivity contribution in [3.8, 4) is 0 Å². The fourth-order valence-electron chi connectivity index (χ4n) is 2.72. The number of fused-ring (bicyclic) bond motifs is 1. The van der Waals surface area contributed by atoms with Gasteiger partial charge < -0.3 is 0 Å². The lowest BCUT2D eigenvalue weighted by molar-refractivity contribution is 0.315. The number of hydrogen-bond donors (Lipinski definition) is 0. The molecule has 3 rings (SSSR count). The van der Waals surface area contributed by atoms with Gasteiger partial charge in [0.05, 0.1) is 5.69 Å². The van der Waals surface area contributed by atoms with E-state index < -0.39 is 0 Å². The summed E-state index contributed by atoms with van der Waals surface area (Å²) >= 11 is 6.01. The SMILES string of the molecule is Cc1cccc2nc(CN(C)Cc3cccc(Cl)c3)cc(=O)n12. The zero-order chi connectivity index (χ0) is 16.4. The van der Waals surface area contributed by atoms with Crippen molar-refractivity contribution in [2.75, 3.05) is 7.05 Å². The minimum Gasteiger partial charge on any atom is -0.296 e. The van der Waals surface area contributed by atoms with Crippen molar-refractivity contribution in [3.63, 3.8) is 0 Å². The summed E-state index contributed by atoms with van der Waals surface area (Å²) in [4.78, 5) is 19.0. The van der Waals surface area contributed by atoms with E-state index in [1.165, 1.54) is 0 Å². The molecule has 118 valence electrons. The van der Waals surface area contributed by atoms with Gasteiger partial charge in [-0.25, -0.2) is 4.98 Å². The molecule has 0 N–H and O–H groups in total. The number of benzene rings is 1. The summed E-state index contributed by atoms with van der Waals surface area (Å²) < 4.78 is 1.63. The van der Waals surface area contributed by atoms with Crippen LogP contribution < -0.4 is 5.56 Å². The minimum atomic E-state index is -0.0424. The molecule has 0 bridgehead atoms. The maximum absolute atomic E-state index is 12.3. The highest BCUT2D eigenvalue weighted by Gasteiger charge is 2.07. The molecule has 2 heterocycles. The molecule has 4 nitrogen and oxygen atoms in total. The average Bonchev–Trinajstić information content (AvgIpc) is 2.46. The molecule has 0 spiro atoms. The molecule has 0 unspecified atom stereocenters. The molecule has 0 fully saturated rings. The summed E-state index contributed by atoms with van der Waals surface area (Å²) in [5.41, 5.74) is 3.43. The quantitative estimate of drug-likeness (QED) is 0.738. The van der Waals surface area contributed by atoms with E-state index in [0.29, 0.717) is 12.2 Å². The summed E-state index contributed by atoms with van der Waals surface area (Å²) in [7, 11) is 2.00. The van der Waals surface area contributed by atoms with Crippen LogP contribution in [0.1, 0.15) is 17.0 Å². The fourth-order valence-corrected chi connectivity index (χ4v) is 2.94. The number of aromatic nitrogens is 2. The third kappa shape index (κ3) is 3.60. The summed E-state index contributed by atoms with van der Waals surface area (Å²) in [6, 6.07) is 15.1. The van der Waals surface area contributed by atoms with Crippen molar-refractivity contribution in [2.45, 2.75) is 20.0 Å². The highest BCUT2D eigenvalue weighted by atomic mass is 35.5. The summed E-state index contributed by atoms with van der Waals surface area (Å²) in [6.07, 6.45) is 0.